The van der Waals surface area contributed by atoms with Crippen molar-refractivity contribution in [2.75, 3.05) is 0 Å². The fraction of sp³-hybridized carbons (Fsp3) is 0.0465. The smallest absolute Gasteiger partial charge is 0.167 e. The van der Waals surface area contributed by atoms with Gasteiger partial charge in [0.1, 0.15) is 23.0 Å². The number of hydrogen-bond donors (Lipinski definition) is 0. The Morgan fingerprint density at radius 2 is 1.25 bits per heavy atom. The van der Waals surface area contributed by atoms with Crippen molar-refractivity contribution in [2.45, 2.75) is 12.0 Å². The van der Waals surface area contributed by atoms with Crippen LogP contribution in [0, 0.1) is 0 Å². The van der Waals surface area contributed by atoms with Gasteiger partial charge in [-0.15, -0.1) is 0 Å². The minimum Gasteiger partial charge on any atom is -0.485 e. The third-order valence-electron chi connectivity index (χ3n) is 9.52. The summed E-state index contributed by atoms with van der Waals surface area (Å²) in [5.41, 5.74) is 7.71. The molecular formula is C43H27N3O2. The maximum absolute atomic E-state index is 6.46. The monoisotopic (exact) mass is 617 g/mol. The van der Waals surface area contributed by atoms with E-state index in [4.69, 9.17) is 24.1 Å². The van der Waals surface area contributed by atoms with Gasteiger partial charge >= 0.3 is 0 Å². The summed E-state index contributed by atoms with van der Waals surface area (Å²) in [4.78, 5) is 15.5. The molecule has 1 aliphatic carbocycles. The molecule has 2 atom stereocenters. The number of aromatic nitrogens is 3. The SMILES string of the molecule is C1=CC2Oc3ccccc3C2C(c2ccccc2-c2nc(-c3ccc4ccccc4c3)nc(-c3cccc4c3oc3ccccc34)n2)=C1. The largest absolute Gasteiger partial charge is 0.485 e. The number of rotatable bonds is 4. The second-order valence-electron chi connectivity index (χ2n) is 12.3. The lowest BCUT2D eigenvalue weighted by Crippen LogP contribution is -2.19. The van der Waals surface area contributed by atoms with Crippen LogP contribution < -0.4 is 4.74 Å². The maximum atomic E-state index is 6.46. The van der Waals surface area contributed by atoms with Gasteiger partial charge in [-0.3, -0.25) is 0 Å². The van der Waals surface area contributed by atoms with Gasteiger partial charge in [0.25, 0.3) is 0 Å². The van der Waals surface area contributed by atoms with Crippen LogP contribution in [0.1, 0.15) is 17.0 Å². The molecule has 0 radical (unpaired) electrons. The van der Waals surface area contributed by atoms with E-state index in [0.717, 1.165) is 55.3 Å². The molecule has 1 aliphatic heterocycles. The maximum Gasteiger partial charge on any atom is 0.167 e. The van der Waals surface area contributed by atoms with E-state index in [0.29, 0.717) is 17.5 Å². The zero-order chi connectivity index (χ0) is 31.6. The number of para-hydroxylation sites is 3. The van der Waals surface area contributed by atoms with E-state index >= 15 is 0 Å². The molecule has 2 aromatic heterocycles. The molecule has 0 saturated carbocycles. The first-order chi connectivity index (χ1) is 23.8. The standard InChI is InChI=1S/C43H27N3O2/c1-2-12-27-25-28(24-23-26(27)11-1)41-44-42(46-43(45-41)35-19-9-18-32-30-14-5-7-20-36(30)48-40(32)35)33-15-4-3-13-29(33)31-17-10-22-38-39(31)34-16-6-8-21-37(34)47-38/h1-25,38-39H. The lowest BCUT2D eigenvalue weighted by Gasteiger charge is -2.24. The molecule has 8 aromatic rings. The van der Waals surface area contributed by atoms with E-state index in [1.165, 1.54) is 16.5 Å². The Balaban J connectivity index is 1.20. The third-order valence-corrected chi connectivity index (χ3v) is 9.52. The van der Waals surface area contributed by atoms with E-state index in [1.807, 2.05) is 42.5 Å². The number of furan rings is 1. The number of fused-ring (bicyclic) bond motifs is 7. The number of benzene rings is 6. The molecule has 48 heavy (non-hydrogen) atoms. The van der Waals surface area contributed by atoms with Crippen molar-refractivity contribution in [3.05, 3.63) is 163 Å². The van der Waals surface area contributed by atoms with E-state index in [9.17, 15) is 0 Å². The van der Waals surface area contributed by atoms with Crippen molar-refractivity contribution in [1.82, 2.24) is 15.0 Å². The Kier molecular flexibility index (Phi) is 5.93. The highest BCUT2D eigenvalue weighted by atomic mass is 16.5. The van der Waals surface area contributed by atoms with Crippen LogP contribution in [0.4, 0.5) is 0 Å². The minimum absolute atomic E-state index is 0.0665. The summed E-state index contributed by atoms with van der Waals surface area (Å²) in [6.45, 7) is 0. The van der Waals surface area contributed by atoms with E-state index in [2.05, 4.69) is 109 Å². The summed E-state index contributed by atoms with van der Waals surface area (Å²) in [6.07, 6.45) is 6.38. The van der Waals surface area contributed by atoms with Crippen molar-refractivity contribution in [3.63, 3.8) is 0 Å². The molecule has 226 valence electrons. The highest BCUT2D eigenvalue weighted by molar-refractivity contribution is 6.09. The molecule has 5 heteroatoms. The van der Waals surface area contributed by atoms with Gasteiger partial charge in [-0.25, -0.2) is 15.0 Å². The number of nitrogens with zero attached hydrogens (tertiary/aromatic N) is 3. The molecular weight excluding hydrogens is 590 g/mol. The first-order valence-corrected chi connectivity index (χ1v) is 16.2. The molecule has 0 saturated heterocycles. The fourth-order valence-corrected chi connectivity index (χ4v) is 7.29. The molecule has 0 spiro atoms. The molecule has 5 nitrogen and oxygen atoms in total. The van der Waals surface area contributed by atoms with Gasteiger partial charge in [0, 0.05) is 27.5 Å². The molecule has 10 rings (SSSR count). The molecule has 0 N–H and O–H groups in total. The molecule has 2 unspecified atom stereocenters. The van der Waals surface area contributed by atoms with E-state index in [1.54, 1.807) is 0 Å². The molecule has 3 heterocycles. The molecule has 2 aliphatic rings. The van der Waals surface area contributed by atoms with E-state index in [-0.39, 0.29) is 12.0 Å². The zero-order valence-corrected chi connectivity index (χ0v) is 25.7. The van der Waals surface area contributed by atoms with Crippen molar-refractivity contribution in [3.8, 4) is 39.9 Å². The van der Waals surface area contributed by atoms with Crippen LogP contribution >= 0.6 is 0 Å². The molecule has 0 amide bonds. The average Bonchev–Trinajstić information content (AvgIpc) is 3.73. The highest BCUT2D eigenvalue weighted by Crippen LogP contribution is 2.49. The second-order valence-corrected chi connectivity index (χ2v) is 12.3. The number of allylic oxidation sites excluding steroid dienone is 2. The lowest BCUT2D eigenvalue weighted by atomic mass is 9.80. The van der Waals surface area contributed by atoms with Crippen LogP contribution in [0.25, 0.3) is 72.4 Å². The summed E-state index contributed by atoms with van der Waals surface area (Å²) in [5, 5.41) is 4.39. The predicted octanol–water partition coefficient (Wildman–Crippen LogP) is 10.4. The average molecular weight is 618 g/mol. The van der Waals surface area contributed by atoms with Crippen molar-refractivity contribution < 1.29 is 9.15 Å². The normalized spacial score (nSPS) is 16.5. The van der Waals surface area contributed by atoms with Gasteiger partial charge in [0.05, 0.1) is 11.5 Å². The molecule has 0 bridgehead atoms. The first kappa shape index (κ1) is 26.8. The van der Waals surface area contributed by atoms with Gasteiger partial charge in [0.15, 0.2) is 17.5 Å². The Morgan fingerprint density at radius 1 is 0.542 bits per heavy atom. The summed E-state index contributed by atoms with van der Waals surface area (Å²) in [5.74, 6) is 2.77. The van der Waals surface area contributed by atoms with Gasteiger partial charge in [-0.05, 0) is 52.3 Å². The third kappa shape index (κ3) is 4.21. The van der Waals surface area contributed by atoms with Crippen molar-refractivity contribution >= 4 is 38.3 Å². The Hall–Kier alpha value is -6.33. The second kappa shape index (κ2) is 10.6. The molecule has 0 fully saturated rings. The van der Waals surface area contributed by atoms with Crippen LogP contribution in [0.3, 0.4) is 0 Å². The lowest BCUT2D eigenvalue weighted by molar-refractivity contribution is 0.271. The summed E-state index contributed by atoms with van der Waals surface area (Å²) in [6, 6.07) is 45.7. The fourth-order valence-electron chi connectivity index (χ4n) is 7.29. The Labute approximate surface area is 276 Å². The minimum atomic E-state index is -0.0665. The quantitative estimate of drug-likeness (QED) is 0.197. The highest BCUT2D eigenvalue weighted by Gasteiger charge is 2.37. The Bertz CT molecular complexity index is 2630. The Morgan fingerprint density at radius 3 is 2.19 bits per heavy atom. The van der Waals surface area contributed by atoms with Crippen molar-refractivity contribution in [1.29, 1.82) is 0 Å². The van der Waals surface area contributed by atoms with Gasteiger partial charge in [0.2, 0.25) is 0 Å². The van der Waals surface area contributed by atoms with Gasteiger partial charge < -0.3 is 9.15 Å². The van der Waals surface area contributed by atoms with Crippen LogP contribution in [0.5, 0.6) is 5.75 Å². The predicted molar refractivity (Wildman–Crippen MR) is 192 cm³/mol. The van der Waals surface area contributed by atoms with E-state index < -0.39 is 0 Å². The van der Waals surface area contributed by atoms with Crippen LogP contribution in [-0.2, 0) is 0 Å². The first-order valence-electron chi connectivity index (χ1n) is 16.2. The van der Waals surface area contributed by atoms with Crippen LogP contribution in [0.2, 0.25) is 0 Å². The topological polar surface area (TPSA) is 61.0 Å². The molecule has 6 aromatic carbocycles. The number of ether oxygens (including phenoxy) is 1. The summed E-state index contributed by atoms with van der Waals surface area (Å²) < 4.78 is 12.8. The van der Waals surface area contributed by atoms with Crippen LogP contribution in [0.15, 0.2) is 156 Å². The summed E-state index contributed by atoms with van der Waals surface area (Å²) >= 11 is 0. The number of hydrogen-bond acceptors (Lipinski definition) is 5. The van der Waals surface area contributed by atoms with Crippen molar-refractivity contribution in [2.24, 2.45) is 0 Å². The van der Waals surface area contributed by atoms with Crippen LogP contribution in [-0.4, -0.2) is 21.1 Å². The summed E-state index contributed by atoms with van der Waals surface area (Å²) in [7, 11) is 0. The van der Waals surface area contributed by atoms with Gasteiger partial charge in [-0.1, -0.05) is 121 Å². The van der Waals surface area contributed by atoms with Gasteiger partial charge in [-0.2, -0.15) is 0 Å². The zero-order valence-electron chi connectivity index (χ0n) is 25.7.